The van der Waals surface area contributed by atoms with E-state index >= 15 is 0 Å². The number of alkyl halides is 10. The van der Waals surface area contributed by atoms with Crippen molar-refractivity contribution in [3.63, 3.8) is 0 Å². The maximum absolute atomic E-state index is 14.0. The smallest absolute Gasteiger partial charge is 0.399 e. The summed E-state index contributed by atoms with van der Waals surface area (Å²) in [5, 5.41) is 0. The molecule has 3 nitrogen and oxygen atoms in total. The van der Waals surface area contributed by atoms with Gasteiger partial charge in [-0.1, -0.05) is 18.2 Å². The van der Waals surface area contributed by atoms with Crippen molar-refractivity contribution in [3.8, 4) is 5.75 Å². The first-order valence-electron chi connectivity index (χ1n) is 7.39. The van der Waals surface area contributed by atoms with E-state index in [2.05, 4.69) is 14.2 Å². The first-order valence-corrected chi connectivity index (χ1v) is 7.39. The minimum absolute atomic E-state index is 0.101. The lowest BCUT2D eigenvalue weighted by Gasteiger charge is -2.34. The Kier molecular flexibility index (Phi) is 7.94. The SMILES string of the molecule is FCC(F)C(F)(F)OC(F)(F)C(F)(CF)COC(F)(F)COc1ccccc1. The third-order valence-corrected chi connectivity index (χ3v) is 3.16. The van der Waals surface area contributed by atoms with Gasteiger partial charge in [0.15, 0.2) is 6.61 Å². The monoisotopic (exact) mass is 432 g/mol. The second-order valence-corrected chi connectivity index (χ2v) is 5.43. The molecule has 0 heterocycles. The van der Waals surface area contributed by atoms with E-state index in [1.165, 1.54) is 30.3 Å². The van der Waals surface area contributed by atoms with Crippen molar-refractivity contribution < 1.29 is 58.1 Å². The molecular formula is C15H14F10O3. The predicted molar refractivity (Wildman–Crippen MR) is 74.5 cm³/mol. The van der Waals surface area contributed by atoms with Crippen molar-refractivity contribution in [2.24, 2.45) is 0 Å². The standard InChI is InChI=1S/C15H14F10O3/c16-6-11(18)14(22,23)28-15(24,25)12(19,7-17)8-27-13(20,21)9-26-10-4-2-1-3-5-10/h1-5,11H,6-9H2. The lowest BCUT2D eigenvalue weighted by atomic mass is 10.1. The maximum Gasteiger partial charge on any atom is 0.399 e. The number of hydrogen-bond acceptors (Lipinski definition) is 3. The highest BCUT2D eigenvalue weighted by molar-refractivity contribution is 5.20. The van der Waals surface area contributed by atoms with Gasteiger partial charge in [0, 0.05) is 0 Å². The Balaban J connectivity index is 2.78. The van der Waals surface area contributed by atoms with E-state index in [-0.39, 0.29) is 5.75 Å². The topological polar surface area (TPSA) is 27.7 Å². The van der Waals surface area contributed by atoms with E-state index in [4.69, 9.17) is 0 Å². The zero-order chi connectivity index (χ0) is 21.6. The molecule has 0 N–H and O–H groups in total. The van der Waals surface area contributed by atoms with Gasteiger partial charge in [0.05, 0.1) is 6.61 Å². The second-order valence-electron chi connectivity index (χ2n) is 5.43. The molecule has 0 fully saturated rings. The Morgan fingerprint density at radius 1 is 0.857 bits per heavy atom. The first kappa shape index (κ1) is 24.3. The van der Waals surface area contributed by atoms with E-state index in [1.807, 2.05) is 0 Å². The molecule has 0 saturated heterocycles. The predicted octanol–water partition coefficient (Wildman–Crippen LogP) is 4.86. The molecule has 0 spiro atoms. The van der Waals surface area contributed by atoms with Crippen LogP contribution >= 0.6 is 0 Å². The molecule has 1 rings (SSSR count). The normalized spacial score (nSPS) is 16.5. The fraction of sp³-hybridized carbons (Fsp3) is 0.600. The summed E-state index contributed by atoms with van der Waals surface area (Å²) >= 11 is 0. The van der Waals surface area contributed by atoms with E-state index in [0.717, 1.165) is 0 Å². The van der Waals surface area contributed by atoms with Gasteiger partial charge in [-0.3, -0.25) is 4.74 Å². The Morgan fingerprint density at radius 3 is 1.93 bits per heavy atom. The van der Waals surface area contributed by atoms with Crippen LogP contribution in [-0.2, 0) is 9.47 Å². The van der Waals surface area contributed by atoms with E-state index < -0.39 is 56.7 Å². The average molecular weight is 432 g/mol. The Bertz CT molecular complexity index is 601. The first-order chi connectivity index (χ1) is 12.8. The third-order valence-electron chi connectivity index (χ3n) is 3.16. The van der Waals surface area contributed by atoms with Crippen molar-refractivity contribution >= 4 is 0 Å². The summed E-state index contributed by atoms with van der Waals surface area (Å²) in [6.45, 7) is -9.39. The van der Waals surface area contributed by atoms with Gasteiger partial charge in [0.1, 0.15) is 19.1 Å². The highest BCUT2D eigenvalue weighted by atomic mass is 19.3. The van der Waals surface area contributed by atoms with Gasteiger partial charge in [0.2, 0.25) is 6.17 Å². The lowest BCUT2D eigenvalue weighted by Crippen LogP contribution is -2.57. The summed E-state index contributed by atoms with van der Waals surface area (Å²) in [7, 11) is 0. The molecule has 0 aliphatic rings. The van der Waals surface area contributed by atoms with Crippen molar-refractivity contribution in [2.75, 3.05) is 26.6 Å². The minimum Gasteiger partial charge on any atom is -0.484 e. The van der Waals surface area contributed by atoms with Crippen LogP contribution < -0.4 is 4.74 Å². The highest BCUT2D eigenvalue weighted by Crippen LogP contribution is 2.41. The van der Waals surface area contributed by atoms with Gasteiger partial charge < -0.3 is 9.47 Å². The quantitative estimate of drug-likeness (QED) is 0.442. The molecule has 0 aliphatic carbocycles. The van der Waals surface area contributed by atoms with Gasteiger partial charge >= 0.3 is 18.3 Å². The number of benzene rings is 1. The van der Waals surface area contributed by atoms with Crippen LogP contribution in [0.1, 0.15) is 0 Å². The third kappa shape index (κ3) is 6.40. The number of rotatable bonds is 12. The number of hydrogen-bond donors (Lipinski definition) is 0. The van der Waals surface area contributed by atoms with Gasteiger partial charge in [-0.15, -0.1) is 0 Å². The van der Waals surface area contributed by atoms with Crippen LogP contribution in [0.15, 0.2) is 30.3 Å². The van der Waals surface area contributed by atoms with Crippen LogP contribution in [0.2, 0.25) is 0 Å². The lowest BCUT2D eigenvalue weighted by molar-refractivity contribution is -0.431. The summed E-state index contributed by atoms with van der Waals surface area (Å²) < 4.78 is 142. The number of para-hydroxylation sites is 1. The highest BCUT2D eigenvalue weighted by Gasteiger charge is 2.64. The molecule has 1 aromatic carbocycles. The molecule has 2 unspecified atom stereocenters. The van der Waals surface area contributed by atoms with Gasteiger partial charge in [-0.25, -0.2) is 17.6 Å². The summed E-state index contributed by atoms with van der Waals surface area (Å²) in [4.78, 5) is 0. The van der Waals surface area contributed by atoms with Gasteiger partial charge in [-0.05, 0) is 12.1 Å². The van der Waals surface area contributed by atoms with Gasteiger partial charge in [0.25, 0.3) is 5.67 Å². The molecule has 13 heteroatoms. The molecule has 0 saturated carbocycles. The molecule has 2 atom stereocenters. The molecule has 0 radical (unpaired) electrons. The fourth-order valence-corrected chi connectivity index (χ4v) is 1.56. The zero-order valence-corrected chi connectivity index (χ0v) is 13.8. The van der Waals surface area contributed by atoms with E-state index in [0.29, 0.717) is 0 Å². The minimum atomic E-state index is -5.85. The molecule has 0 amide bonds. The average Bonchev–Trinajstić information content (AvgIpc) is 2.63. The molecular weight excluding hydrogens is 418 g/mol. The van der Waals surface area contributed by atoms with E-state index in [1.54, 1.807) is 0 Å². The van der Waals surface area contributed by atoms with Crippen LogP contribution in [0.4, 0.5) is 43.9 Å². The maximum atomic E-state index is 14.0. The molecule has 28 heavy (non-hydrogen) atoms. The largest absolute Gasteiger partial charge is 0.484 e. The molecule has 162 valence electrons. The summed E-state index contributed by atoms with van der Waals surface area (Å²) in [6.07, 6.45) is -19.8. The van der Waals surface area contributed by atoms with Crippen molar-refractivity contribution in [3.05, 3.63) is 30.3 Å². The Morgan fingerprint density at radius 2 is 1.43 bits per heavy atom. The Hall–Kier alpha value is -1.76. The van der Waals surface area contributed by atoms with Crippen LogP contribution in [0.25, 0.3) is 0 Å². The van der Waals surface area contributed by atoms with Crippen LogP contribution in [0.3, 0.4) is 0 Å². The molecule has 1 aromatic rings. The zero-order valence-electron chi connectivity index (χ0n) is 13.8. The summed E-state index contributed by atoms with van der Waals surface area (Å²) in [6, 6.07) is 6.79. The molecule has 0 aliphatic heterocycles. The summed E-state index contributed by atoms with van der Waals surface area (Å²) in [5.41, 5.74) is -4.86. The second kappa shape index (κ2) is 9.16. The molecule has 0 bridgehead atoms. The van der Waals surface area contributed by atoms with Crippen molar-refractivity contribution in [2.45, 2.75) is 30.2 Å². The van der Waals surface area contributed by atoms with Crippen molar-refractivity contribution in [1.29, 1.82) is 0 Å². The van der Waals surface area contributed by atoms with Crippen LogP contribution in [0.5, 0.6) is 5.75 Å². The molecule has 0 aromatic heterocycles. The Labute approximate surface area is 152 Å². The van der Waals surface area contributed by atoms with Crippen LogP contribution in [-0.4, -0.2) is 56.7 Å². The fourth-order valence-electron chi connectivity index (χ4n) is 1.56. The van der Waals surface area contributed by atoms with E-state index in [9.17, 15) is 43.9 Å². The van der Waals surface area contributed by atoms with Gasteiger partial charge in [-0.2, -0.15) is 26.3 Å². The van der Waals surface area contributed by atoms with Crippen molar-refractivity contribution in [1.82, 2.24) is 0 Å². The number of ether oxygens (including phenoxy) is 3. The summed E-state index contributed by atoms with van der Waals surface area (Å²) in [5.74, 6) is -0.101. The number of halogens is 10. The van der Waals surface area contributed by atoms with Crippen LogP contribution in [0, 0.1) is 0 Å².